The number of aromatic nitrogens is 2. The number of hydrogen-bond acceptors (Lipinski definition) is 3. The maximum absolute atomic E-state index is 11.9. The largest absolute Gasteiger partial charge is 0.476 e. The molecule has 0 saturated carbocycles. The molecule has 3 aromatic rings. The molecule has 0 spiro atoms. The number of rotatable bonds is 6. The van der Waals surface area contributed by atoms with E-state index in [1.165, 1.54) is 0 Å². The van der Waals surface area contributed by atoms with Crippen LogP contribution in [0.5, 0.6) is 0 Å². The molecule has 0 amide bonds. The van der Waals surface area contributed by atoms with Gasteiger partial charge in [0.2, 0.25) is 0 Å². The lowest BCUT2D eigenvalue weighted by atomic mass is 10.0. The minimum absolute atomic E-state index is 0.0130. The molecule has 2 N–H and O–H groups in total. The van der Waals surface area contributed by atoms with Gasteiger partial charge in [-0.2, -0.15) is 0 Å². The fraction of sp³-hybridized carbons (Fsp3) is 0.200. The van der Waals surface area contributed by atoms with E-state index in [2.05, 4.69) is 26.2 Å². The van der Waals surface area contributed by atoms with E-state index in [0.717, 1.165) is 11.3 Å². The van der Waals surface area contributed by atoms with E-state index in [4.69, 9.17) is 23.2 Å². The van der Waals surface area contributed by atoms with Crippen LogP contribution in [0.25, 0.3) is 0 Å². The fourth-order valence-corrected chi connectivity index (χ4v) is 4.15. The third-order valence-corrected chi connectivity index (χ3v) is 5.28. The Morgan fingerprint density at radius 1 is 1.14 bits per heavy atom. The van der Waals surface area contributed by atoms with Gasteiger partial charge in [-0.05, 0) is 65.7 Å². The molecule has 1 aromatic heterocycles. The minimum Gasteiger partial charge on any atom is -0.476 e. The summed E-state index contributed by atoms with van der Waals surface area (Å²) in [5.41, 5.74) is 2.13. The molecule has 8 heteroatoms. The normalized spacial score (nSPS) is 12.2. The molecule has 0 aliphatic rings. The quantitative estimate of drug-likeness (QED) is 0.424. The zero-order valence-corrected chi connectivity index (χ0v) is 18.3. The van der Waals surface area contributed by atoms with Crippen LogP contribution in [0, 0.1) is 0 Å². The number of carbonyl (C=O) groups is 1. The monoisotopic (exact) mass is 481 g/mol. The summed E-state index contributed by atoms with van der Waals surface area (Å²) in [6.45, 7) is 3.94. The van der Waals surface area contributed by atoms with Crippen molar-refractivity contribution >= 4 is 50.8 Å². The third-order valence-electron chi connectivity index (χ3n) is 4.24. The minimum atomic E-state index is -1.10. The van der Waals surface area contributed by atoms with Crippen LogP contribution in [0.2, 0.25) is 10.0 Å². The average Bonchev–Trinajstić information content (AvgIpc) is 2.98. The zero-order valence-electron chi connectivity index (χ0n) is 15.2. The number of hydrogen-bond donors (Lipinski definition) is 2. The van der Waals surface area contributed by atoms with Crippen molar-refractivity contribution in [2.45, 2.75) is 25.9 Å². The van der Waals surface area contributed by atoms with Crippen LogP contribution in [0.4, 0.5) is 5.69 Å². The molecule has 2 aromatic carbocycles. The number of aromatic carboxylic acids is 1. The molecular formula is C20H18BrCl2N3O2. The highest BCUT2D eigenvalue weighted by Crippen LogP contribution is 2.34. The summed E-state index contributed by atoms with van der Waals surface area (Å²) in [5, 5.41) is 14.4. The number of carboxylic acid groups (broad SMARTS) is 1. The molecule has 0 saturated heterocycles. The topological polar surface area (TPSA) is 67.2 Å². The fourth-order valence-electron chi connectivity index (χ4n) is 3.05. The van der Waals surface area contributed by atoms with E-state index in [9.17, 15) is 9.90 Å². The summed E-state index contributed by atoms with van der Waals surface area (Å²) in [5.74, 6) is -1.10. The van der Waals surface area contributed by atoms with Gasteiger partial charge in [0.05, 0.1) is 11.7 Å². The predicted molar refractivity (Wildman–Crippen MR) is 116 cm³/mol. The highest BCUT2D eigenvalue weighted by molar-refractivity contribution is 9.10. The summed E-state index contributed by atoms with van der Waals surface area (Å²) in [6.07, 6.45) is 0. The van der Waals surface area contributed by atoms with Gasteiger partial charge in [0.15, 0.2) is 10.4 Å². The Kier molecular flexibility index (Phi) is 6.33. The van der Waals surface area contributed by atoms with Gasteiger partial charge >= 0.3 is 5.97 Å². The zero-order chi connectivity index (χ0) is 20.4. The molecule has 3 rings (SSSR count). The van der Waals surface area contributed by atoms with E-state index >= 15 is 0 Å². The molecule has 0 aliphatic heterocycles. The first-order chi connectivity index (χ1) is 13.3. The Labute approximate surface area is 181 Å². The average molecular weight is 483 g/mol. The summed E-state index contributed by atoms with van der Waals surface area (Å²) in [6, 6.07) is 14.0. The van der Waals surface area contributed by atoms with Gasteiger partial charge in [0.1, 0.15) is 0 Å². The van der Waals surface area contributed by atoms with Crippen molar-refractivity contribution in [2.24, 2.45) is 0 Å². The lowest BCUT2D eigenvalue weighted by Gasteiger charge is -2.25. The van der Waals surface area contributed by atoms with E-state index in [0.29, 0.717) is 20.5 Å². The second kappa shape index (κ2) is 8.55. The molecule has 1 atom stereocenters. The summed E-state index contributed by atoms with van der Waals surface area (Å²) >= 11 is 15.6. The molecule has 0 bridgehead atoms. The van der Waals surface area contributed by atoms with Crippen molar-refractivity contribution in [3.8, 4) is 0 Å². The number of anilines is 1. The molecule has 0 aliphatic carbocycles. The molecule has 1 heterocycles. The smallest absolute Gasteiger partial charge is 0.356 e. The Morgan fingerprint density at radius 2 is 1.82 bits per heavy atom. The van der Waals surface area contributed by atoms with Crippen molar-refractivity contribution in [3.05, 3.63) is 80.3 Å². The number of imidazole rings is 1. The molecule has 5 nitrogen and oxygen atoms in total. The highest BCUT2D eigenvalue weighted by atomic mass is 79.9. The van der Waals surface area contributed by atoms with Crippen molar-refractivity contribution in [3.63, 3.8) is 0 Å². The van der Waals surface area contributed by atoms with Gasteiger partial charge in [-0.15, -0.1) is 0 Å². The van der Waals surface area contributed by atoms with Crippen LogP contribution in [-0.4, -0.2) is 20.6 Å². The van der Waals surface area contributed by atoms with Crippen molar-refractivity contribution in [1.29, 1.82) is 0 Å². The third kappa shape index (κ3) is 4.35. The van der Waals surface area contributed by atoms with E-state index in [1.807, 2.05) is 42.7 Å². The second-order valence-corrected chi connectivity index (χ2v) is 8.10. The van der Waals surface area contributed by atoms with Gasteiger partial charge < -0.3 is 15.0 Å². The molecule has 0 fully saturated rings. The SMILES string of the molecule is CC(C)n1c(Br)nc(C(=O)O)c1C(Nc1cccc(Cl)c1)c1ccc(Cl)cc1. The number of nitrogens with one attached hydrogen (secondary N) is 1. The first kappa shape index (κ1) is 20.7. The van der Waals surface area contributed by atoms with E-state index in [1.54, 1.807) is 24.3 Å². The Balaban J connectivity index is 2.22. The second-order valence-electron chi connectivity index (χ2n) is 6.52. The predicted octanol–water partition coefficient (Wildman–Crippen LogP) is 6.43. The van der Waals surface area contributed by atoms with Crippen LogP contribution in [-0.2, 0) is 0 Å². The van der Waals surface area contributed by atoms with Gasteiger partial charge in [0.25, 0.3) is 0 Å². The first-order valence-corrected chi connectivity index (χ1v) is 10.1. The van der Waals surface area contributed by atoms with Crippen LogP contribution < -0.4 is 5.32 Å². The van der Waals surface area contributed by atoms with Crippen molar-refractivity contribution < 1.29 is 9.90 Å². The van der Waals surface area contributed by atoms with Gasteiger partial charge in [-0.25, -0.2) is 9.78 Å². The van der Waals surface area contributed by atoms with Crippen LogP contribution in [0.15, 0.2) is 53.3 Å². The lowest BCUT2D eigenvalue weighted by molar-refractivity contribution is 0.0689. The van der Waals surface area contributed by atoms with Crippen LogP contribution in [0.3, 0.4) is 0 Å². The number of benzene rings is 2. The van der Waals surface area contributed by atoms with Crippen molar-refractivity contribution in [2.75, 3.05) is 5.32 Å². The lowest BCUT2D eigenvalue weighted by Crippen LogP contribution is -2.21. The number of halogens is 3. The molecule has 0 radical (unpaired) electrons. The summed E-state index contributed by atoms with van der Waals surface area (Å²) in [4.78, 5) is 16.2. The molecule has 1 unspecified atom stereocenters. The Bertz CT molecular complexity index is 1000. The van der Waals surface area contributed by atoms with E-state index < -0.39 is 12.0 Å². The highest BCUT2D eigenvalue weighted by Gasteiger charge is 2.30. The molecule has 28 heavy (non-hydrogen) atoms. The van der Waals surface area contributed by atoms with Gasteiger partial charge in [0, 0.05) is 21.8 Å². The summed E-state index contributed by atoms with van der Waals surface area (Å²) < 4.78 is 2.32. The van der Waals surface area contributed by atoms with Gasteiger partial charge in [-0.3, -0.25) is 0 Å². The first-order valence-electron chi connectivity index (χ1n) is 8.56. The van der Waals surface area contributed by atoms with E-state index in [-0.39, 0.29) is 11.7 Å². The van der Waals surface area contributed by atoms with Crippen LogP contribution in [0.1, 0.15) is 47.7 Å². The number of carboxylic acids is 1. The Hall–Kier alpha value is -2.02. The Morgan fingerprint density at radius 3 is 2.39 bits per heavy atom. The summed E-state index contributed by atoms with van der Waals surface area (Å²) in [7, 11) is 0. The van der Waals surface area contributed by atoms with Crippen LogP contribution >= 0.6 is 39.1 Å². The van der Waals surface area contributed by atoms with Crippen molar-refractivity contribution in [1.82, 2.24) is 9.55 Å². The van der Waals surface area contributed by atoms with Gasteiger partial charge in [-0.1, -0.05) is 41.4 Å². The maximum Gasteiger partial charge on any atom is 0.356 e. The molecule has 146 valence electrons. The maximum atomic E-state index is 11.9. The number of nitrogens with zero attached hydrogens (tertiary/aromatic N) is 2. The molecular weight excluding hydrogens is 465 g/mol. The standard InChI is InChI=1S/C20H18BrCl2N3O2/c1-11(2)26-18(17(19(27)28)25-20(26)21)16(12-6-8-13(22)9-7-12)24-15-5-3-4-14(23)10-15/h3-11,16,24H,1-2H3,(H,27,28).